The van der Waals surface area contributed by atoms with Crippen molar-refractivity contribution in [3.8, 4) is 55.6 Å². The number of nitrogens with zero attached hydrogens (tertiary/aromatic N) is 1. The lowest BCUT2D eigenvalue weighted by Crippen LogP contribution is -2.10. The first-order chi connectivity index (χ1) is 24.3. The van der Waals surface area contributed by atoms with Gasteiger partial charge in [-0.05, 0) is 98.1 Å². The van der Waals surface area contributed by atoms with E-state index in [1.54, 1.807) is 0 Å². The van der Waals surface area contributed by atoms with Crippen LogP contribution in [0.1, 0.15) is 0 Å². The molecule has 0 saturated heterocycles. The standard InChI is InChI=1S/C48H35N/c1-5-15-36(16-6-1)41-23-13-25-45(33-41)49(46-26-14-24-42(34-46)37-17-7-2-8-18-37)44-30-27-40(28-31-44)47-32-29-43(38-19-9-3-10-20-38)35-48(47)39-21-11-4-12-22-39/h1-35H. The molecule has 232 valence electrons. The summed E-state index contributed by atoms with van der Waals surface area (Å²) in [7, 11) is 0. The zero-order valence-electron chi connectivity index (χ0n) is 27.2. The van der Waals surface area contributed by atoms with E-state index < -0.39 is 0 Å². The molecule has 0 aromatic heterocycles. The van der Waals surface area contributed by atoms with Gasteiger partial charge in [0.25, 0.3) is 0 Å². The fourth-order valence-electron chi connectivity index (χ4n) is 6.61. The number of hydrogen-bond acceptors (Lipinski definition) is 1. The number of rotatable bonds is 8. The molecule has 0 fully saturated rings. The fraction of sp³-hybridized carbons (Fsp3) is 0. The summed E-state index contributed by atoms with van der Waals surface area (Å²) >= 11 is 0. The second kappa shape index (κ2) is 13.7. The Kier molecular flexibility index (Phi) is 8.39. The average Bonchev–Trinajstić information content (AvgIpc) is 3.20. The minimum atomic E-state index is 1.10. The Hall–Kier alpha value is -6.44. The predicted molar refractivity (Wildman–Crippen MR) is 208 cm³/mol. The molecular formula is C48H35N. The van der Waals surface area contributed by atoms with Crippen LogP contribution in [0.5, 0.6) is 0 Å². The van der Waals surface area contributed by atoms with E-state index >= 15 is 0 Å². The summed E-state index contributed by atoms with van der Waals surface area (Å²) in [5.41, 5.74) is 15.3. The number of hydrogen-bond donors (Lipinski definition) is 0. The highest BCUT2D eigenvalue weighted by Crippen LogP contribution is 2.41. The van der Waals surface area contributed by atoms with Crippen LogP contribution in [0.25, 0.3) is 55.6 Å². The molecule has 0 spiro atoms. The first kappa shape index (κ1) is 29.9. The molecule has 8 aromatic carbocycles. The molecule has 0 bridgehead atoms. The quantitative estimate of drug-likeness (QED) is 0.162. The van der Waals surface area contributed by atoms with Crippen molar-refractivity contribution in [2.24, 2.45) is 0 Å². The van der Waals surface area contributed by atoms with Crippen molar-refractivity contribution >= 4 is 17.1 Å². The first-order valence-electron chi connectivity index (χ1n) is 16.8. The van der Waals surface area contributed by atoms with Crippen molar-refractivity contribution in [2.45, 2.75) is 0 Å². The normalized spacial score (nSPS) is 10.9. The lowest BCUT2D eigenvalue weighted by molar-refractivity contribution is 1.28. The van der Waals surface area contributed by atoms with Crippen LogP contribution < -0.4 is 4.90 Å². The first-order valence-corrected chi connectivity index (χ1v) is 16.8. The van der Waals surface area contributed by atoms with Gasteiger partial charge in [0.1, 0.15) is 0 Å². The average molecular weight is 626 g/mol. The maximum Gasteiger partial charge on any atom is 0.0467 e. The zero-order valence-corrected chi connectivity index (χ0v) is 27.2. The number of anilines is 3. The van der Waals surface area contributed by atoms with Gasteiger partial charge >= 0.3 is 0 Å². The van der Waals surface area contributed by atoms with E-state index in [1.807, 2.05) is 0 Å². The van der Waals surface area contributed by atoms with Crippen LogP contribution >= 0.6 is 0 Å². The predicted octanol–water partition coefficient (Wildman–Crippen LogP) is 13.5. The Balaban J connectivity index is 1.23. The van der Waals surface area contributed by atoms with E-state index in [1.165, 1.54) is 55.6 Å². The second-order valence-electron chi connectivity index (χ2n) is 12.2. The van der Waals surface area contributed by atoms with Gasteiger partial charge in [0.2, 0.25) is 0 Å². The highest BCUT2D eigenvalue weighted by molar-refractivity contribution is 5.89. The zero-order chi connectivity index (χ0) is 32.8. The monoisotopic (exact) mass is 625 g/mol. The Bertz CT molecular complexity index is 2210. The molecule has 0 aliphatic heterocycles. The Morgan fingerprint density at radius 2 is 0.571 bits per heavy atom. The topological polar surface area (TPSA) is 3.24 Å². The summed E-state index contributed by atoms with van der Waals surface area (Å²) in [6.07, 6.45) is 0. The van der Waals surface area contributed by atoms with Gasteiger partial charge in [-0.15, -0.1) is 0 Å². The molecule has 0 aliphatic carbocycles. The molecule has 0 heterocycles. The molecular weight excluding hydrogens is 591 g/mol. The van der Waals surface area contributed by atoms with E-state index in [0.29, 0.717) is 0 Å². The van der Waals surface area contributed by atoms with Crippen LogP contribution in [-0.2, 0) is 0 Å². The lowest BCUT2D eigenvalue weighted by Gasteiger charge is -2.27. The molecule has 0 N–H and O–H groups in total. The minimum absolute atomic E-state index is 1.10. The highest BCUT2D eigenvalue weighted by Gasteiger charge is 2.16. The Labute approximate surface area is 289 Å². The van der Waals surface area contributed by atoms with Gasteiger partial charge in [-0.2, -0.15) is 0 Å². The summed E-state index contributed by atoms with van der Waals surface area (Å²) < 4.78 is 0. The van der Waals surface area contributed by atoms with Crippen LogP contribution in [0.15, 0.2) is 212 Å². The van der Waals surface area contributed by atoms with Gasteiger partial charge in [-0.3, -0.25) is 0 Å². The van der Waals surface area contributed by atoms with Gasteiger partial charge in [0.05, 0.1) is 0 Å². The third-order valence-electron chi connectivity index (χ3n) is 9.07. The summed E-state index contributed by atoms with van der Waals surface area (Å²) in [5.74, 6) is 0. The van der Waals surface area contributed by atoms with Crippen molar-refractivity contribution in [1.82, 2.24) is 0 Å². The van der Waals surface area contributed by atoms with E-state index in [-0.39, 0.29) is 0 Å². The largest absolute Gasteiger partial charge is 0.310 e. The SMILES string of the molecule is c1ccc(-c2cccc(N(c3ccc(-c4ccc(-c5ccccc5)cc4-c4ccccc4)cc3)c3cccc(-c4ccccc4)c3)c2)cc1. The Morgan fingerprint density at radius 1 is 0.204 bits per heavy atom. The summed E-state index contributed by atoms with van der Waals surface area (Å²) in [6.45, 7) is 0. The van der Waals surface area contributed by atoms with Crippen molar-refractivity contribution in [1.29, 1.82) is 0 Å². The van der Waals surface area contributed by atoms with Crippen molar-refractivity contribution in [3.05, 3.63) is 212 Å². The van der Waals surface area contributed by atoms with Crippen molar-refractivity contribution < 1.29 is 0 Å². The van der Waals surface area contributed by atoms with E-state index in [2.05, 4.69) is 217 Å². The maximum atomic E-state index is 2.36. The summed E-state index contributed by atoms with van der Waals surface area (Å²) in [5, 5.41) is 0. The van der Waals surface area contributed by atoms with Gasteiger partial charge in [0.15, 0.2) is 0 Å². The summed E-state index contributed by atoms with van der Waals surface area (Å²) in [6, 6.07) is 76.0. The molecule has 49 heavy (non-hydrogen) atoms. The molecule has 0 aliphatic rings. The number of benzene rings is 8. The van der Waals surface area contributed by atoms with Crippen LogP contribution in [0.2, 0.25) is 0 Å². The van der Waals surface area contributed by atoms with Gasteiger partial charge < -0.3 is 4.90 Å². The van der Waals surface area contributed by atoms with Crippen LogP contribution in [0.3, 0.4) is 0 Å². The van der Waals surface area contributed by atoms with Gasteiger partial charge in [-0.25, -0.2) is 0 Å². The molecule has 0 saturated carbocycles. The molecule has 0 atom stereocenters. The minimum Gasteiger partial charge on any atom is -0.310 e. The van der Waals surface area contributed by atoms with Crippen LogP contribution in [-0.4, -0.2) is 0 Å². The highest BCUT2D eigenvalue weighted by atomic mass is 15.1. The summed E-state index contributed by atoms with van der Waals surface area (Å²) in [4.78, 5) is 2.36. The maximum absolute atomic E-state index is 2.36. The lowest BCUT2D eigenvalue weighted by atomic mass is 9.91. The fourth-order valence-corrected chi connectivity index (χ4v) is 6.61. The van der Waals surface area contributed by atoms with Gasteiger partial charge in [-0.1, -0.05) is 170 Å². The molecule has 8 aromatic rings. The molecule has 0 unspecified atom stereocenters. The third-order valence-corrected chi connectivity index (χ3v) is 9.07. The van der Waals surface area contributed by atoms with E-state index in [0.717, 1.165) is 17.1 Å². The van der Waals surface area contributed by atoms with Crippen molar-refractivity contribution in [2.75, 3.05) is 4.90 Å². The Morgan fingerprint density at radius 3 is 1.04 bits per heavy atom. The van der Waals surface area contributed by atoms with Gasteiger partial charge in [0, 0.05) is 17.1 Å². The molecule has 0 radical (unpaired) electrons. The van der Waals surface area contributed by atoms with E-state index in [4.69, 9.17) is 0 Å². The van der Waals surface area contributed by atoms with Crippen LogP contribution in [0.4, 0.5) is 17.1 Å². The van der Waals surface area contributed by atoms with Crippen LogP contribution in [0, 0.1) is 0 Å². The molecule has 1 nitrogen and oxygen atoms in total. The molecule has 0 amide bonds. The van der Waals surface area contributed by atoms with E-state index in [9.17, 15) is 0 Å². The second-order valence-corrected chi connectivity index (χ2v) is 12.2. The third kappa shape index (κ3) is 6.43. The smallest absolute Gasteiger partial charge is 0.0467 e. The van der Waals surface area contributed by atoms with Crippen molar-refractivity contribution in [3.63, 3.8) is 0 Å². The molecule has 8 rings (SSSR count). The molecule has 1 heteroatoms.